The second-order valence-corrected chi connectivity index (χ2v) is 6.85. The lowest BCUT2D eigenvalue weighted by molar-refractivity contribution is 0.110. The SMILES string of the molecule is C#CCCC1CC(C)(C)CCC1CNC1CC1. The Morgan fingerprint density at radius 3 is 2.65 bits per heavy atom. The third-order valence-corrected chi connectivity index (χ3v) is 4.58. The van der Waals surface area contributed by atoms with Crippen molar-refractivity contribution >= 4 is 0 Å². The van der Waals surface area contributed by atoms with Crippen LogP contribution in [0, 0.1) is 29.6 Å². The first-order valence-corrected chi connectivity index (χ1v) is 7.27. The molecule has 17 heavy (non-hydrogen) atoms. The molecule has 0 saturated heterocycles. The molecule has 0 aliphatic heterocycles. The first-order valence-electron chi connectivity index (χ1n) is 7.27. The summed E-state index contributed by atoms with van der Waals surface area (Å²) >= 11 is 0. The fourth-order valence-electron chi connectivity index (χ4n) is 3.27. The van der Waals surface area contributed by atoms with Gasteiger partial charge < -0.3 is 5.32 Å². The van der Waals surface area contributed by atoms with Crippen molar-refractivity contribution in [2.24, 2.45) is 17.3 Å². The predicted octanol–water partition coefficient (Wildman–Crippen LogP) is 3.59. The minimum atomic E-state index is 0.537. The number of nitrogens with one attached hydrogen (secondary N) is 1. The quantitative estimate of drug-likeness (QED) is 0.716. The normalized spacial score (nSPS) is 32.1. The van der Waals surface area contributed by atoms with E-state index in [0.29, 0.717) is 5.41 Å². The van der Waals surface area contributed by atoms with Crippen molar-refractivity contribution in [2.75, 3.05) is 6.54 Å². The molecule has 2 unspecified atom stereocenters. The first kappa shape index (κ1) is 13.0. The molecule has 1 heteroatoms. The van der Waals surface area contributed by atoms with Gasteiger partial charge in [0.25, 0.3) is 0 Å². The molecule has 0 spiro atoms. The van der Waals surface area contributed by atoms with Crippen molar-refractivity contribution in [3.63, 3.8) is 0 Å². The van der Waals surface area contributed by atoms with E-state index >= 15 is 0 Å². The van der Waals surface area contributed by atoms with Crippen LogP contribution < -0.4 is 5.32 Å². The van der Waals surface area contributed by atoms with Gasteiger partial charge in [0, 0.05) is 12.5 Å². The van der Waals surface area contributed by atoms with Crippen molar-refractivity contribution in [1.82, 2.24) is 5.32 Å². The van der Waals surface area contributed by atoms with Gasteiger partial charge in [-0.15, -0.1) is 12.3 Å². The van der Waals surface area contributed by atoms with Crippen LogP contribution in [0.4, 0.5) is 0 Å². The van der Waals surface area contributed by atoms with E-state index in [2.05, 4.69) is 25.1 Å². The fraction of sp³-hybridized carbons (Fsp3) is 0.875. The minimum Gasteiger partial charge on any atom is -0.314 e. The lowest BCUT2D eigenvalue weighted by Gasteiger charge is -2.41. The maximum Gasteiger partial charge on any atom is 0.00888 e. The monoisotopic (exact) mass is 233 g/mol. The minimum absolute atomic E-state index is 0.537. The van der Waals surface area contributed by atoms with E-state index in [9.17, 15) is 0 Å². The Bertz CT molecular complexity index is 280. The average Bonchev–Trinajstić information content (AvgIpc) is 3.08. The molecule has 96 valence electrons. The topological polar surface area (TPSA) is 12.0 Å². The van der Waals surface area contributed by atoms with Crippen LogP contribution in [-0.4, -0.2) is 12.6 Å². The van der Waals surface area contributed by atoms with Crippen LogP contribution in [0.15, 0.2) is 0 Å². The maximum atomic E-state index is 5.43. The highest BCUT2D eigenvalue weighted by atomic mass is 14.9. The molecule has 2 aliphatic rings. The van der Waals surface area contributed by atoms with E-state index in [1.165, 1.54) is 45.1 Å². The van der Waals surface area contributed by atoms with Crippen LogP contribution in [0.5, 0.6) is 0 Å². The van der Waals surface area contributed by atoms with Crippen molar-refractivity contribution < 1.29 is 0 Å². The number of hydrogen-bond donors (Lipinski definition) is 1. The van der Waals surface area contributed by atoms with Crippen LogP contribution >= 0.6 is 0 Å². The largest absolute Gasteiger partial charge is 0.314 e. The third-order valence-electron chi connectivity index (χ3n) is 4.58. The summed E-state index contributed by atoms with van der Waals surface area (Å²) < 4.78 is 0. The Hall–Kier alpha value is -0.480. The van der Waals surface area contributed by atoms with E-state index in [4.69, 9.17) is 6.42 Å². The molecule has 0 aromatic rings. The zero-order valence-electron chi connectivity index (χ0n) is 11.5. The highest BCUT2D eigenvalue weighted by molar-refractivity contribution is 4.91. The zero-order chi connectivity index (χ0) is 12.3. The molecule has 2 aliphatic carbocycles. The summed E-state index contributed by atoms with van der Waals surface area (Å²) in [6, 6.07) is 0.846. The van der Waals surface area contributed by atoms with E-state index in [1.807, 2.05) is 0 Å². The highest BCUT2D eigenvalue weighted by Gasteiger charge is 2.35. The van der Waals surface area contributed by atoms with Crippen molar-refractivity contribution in [1.29, 1.82) is 0 Å². The van der Waals surface area contributed by atoms with Gasteiger partial charge in [-0.1, -0.05) is 13.8 Å². The Kier molecular flexibility index (Phi) is 4.15. The van der Waals surface area contributed by atoms with Crippen molar-refractivity contribution in [3.05, 3.63) is 0 Å². The third kappa shape index (κ3) is 4.03. The highest BCUT2D eigenvalue weighted by Crippen LogP contribution is 2.43. The summed E-state index contributed by atoms with van der Waals surface area (Å²) in [4.78, 5) is 0. The molecule has 2 rings (SSSR count). The lowest BCUT2D eigenvalue weighted by atomic mass is 9.66. The summed E-state index contributed by atoms with van der Waals surface area (Å²) in [7, 11) is 0. The van der Waals surface area contributed by atoms with Crippen molar-refractivity contribution in [2.45, 2.75) is 64.8 Å². The summed E-state index contributed by atoms with van der Waals surface area (Å²) in [5.41, 5.74) is 0.537. The fourth-order valence-corrected chi connectivity index (χ4v) is 3.27. The first-order chi connectivity index (χ1) is 8.11. The van der Waals surface area contributed by atoms with Crippen LogP contribution in [-0.2, 0) is 0 Å². The van der Waals surface area contributed by atoms with Gasteiger partial charge >= 0.3 is 0 Å². The summed E-state index contributed by atoms with van der Waals surface area (Å²) in [6.45, 7) is 6.07. The van der Waals surface area contributed by atoms with Gasteiger partial charge in [0.1, 0.15) is 0 Å². The molecule has 0 aromatic heterocycles. The Balaban J connectivity index is 1.84. The molecule has 0 heterocycles. The number of hydrogen-bond acceptors (Lipinski definition) is 1. The zero-order valence-corrected chi connectivity index (χ0v) is 11.5. The van der Waals surface area contributed by atoms with Gasteiger partial charge in [0.2, 0.25) is 0 Å². The molecule has 2 fully saturated rings. The molecule has 0 bridgehead atoms. The molecule has 0 aromatic carbocycles. The molecular weight excluding hydrogens is 206 g/mol. The second-order valence-electron chi connectivity index (χ2n) is 6.85. The molecule has 2 saturated carbocycles. The number of terminal acetylenes is 1. The van der Waals surface area contributed by atoms with Gasteiger partial charge in [0.05, 0.1) is 0 Å². The maximum absolute atomic E-state index is 5.43. The summed E-state index contributed by atoms with van der Waals surface area (Å²) in [5, 5.41) is 3.71. The Labute approximate surface area is 107 Å². The van der Waals surface area contributed by atoms with Gasteiger partial charge in [0.15, 0.2) is 0 Å². The predicted molar refractivity (Wildman–Crippen MR) is 73.7 cm³/mol. The average molecular weight is 233 g/mol. The van der Waals surface area contributed by atoms with Gasteiger partial charge in [-0.25, -0.2) is 0 Å². The molecule has 2 atom stereocenters. The second kappa shape index (κ2) is 5.44. The van der Waals surface area contributed by atoms with E-state index in [-0.39, 0.29) is 0 Å². The van der Waals surface area contributed by atoms with E-state index < -0.39 is 0 Å². The molecule has 0 radical (unpaired) electrons. The van der Waals surface area contributed by atoms with Crippen LogP contribution in [0.2, 0.25) is 0 Å². The molecule has 1 N–H and O–H groups in total. The smallest absolute Gasteiger partial charge is 0.00888 e. The summed E-state index contributed by atoms with van der Waals surface area (Å²) in [6.07, 6.45) is 14.6. The van der Waals surface area contributed by atoms with Gasteiger partial charge in [-0.05, 0) is 62.3 Å². The Morgan fingerprint density at radius 2 is 2.00 bits per heavy atom. The standard InChI is InChI=1S/C16H27N/c1-4-5-6-13-11-16(2,3)10-9-14(13)12-17-15-7-8-15/h1,13-15,17H,5-12H2,2-3H3. The van der Waals surface area contributed by atoms with Crippen molar-refractivity contribution in [3.8, 4) is 12.3 Å². The van der Waals surface area contributed by atoms with Gasteiger partial charge in [-0.2, -0.15) is 0 Å². The summed E-state index contributed by atoms with van der Waals surface area (Å²) in [5.74, 6) is 4.54. The van der Waals surface area contributed by atoms with Crippen LogP contribution in [0.3, 0.4) is 0 Å². The lowest BCUT2D eigenvalue weighted by Crippen LogP contribution is -2.36. The number of rotatable bonds is 5. The molecular formula is C16H27N. The molecule has 0 amide bonds. The molecule has 1 nitrogen and oxygen atoms in total. The van der Waals surface area contributed by atoms with E-state index in [0.717, 1.165) is 24.3 Å². The van der Waals surface area contributed by atoms with Gasteiger partial charge in [-0.3, -0.25) is 0 Å². The Morgan fingerprint density at radius 1 is 1.24 bits per heavy atom. The van der Waals surface area contributed by atoms with Crippen LogP contribution in [0.25, 0.3) is 0 Å². The van der Waals surface area contributed by atoms with Crippen LogP contribution in [0.1, 0.15) is 58.8 Å². The van der Waals surface area contributed by atoms with E-state index in [1.54, 1.807) is 0 Å².